The molecule has 0 rings (SSSR count). The van der Waals surface area contributed by atoms with Crippen LogP contribution in [0.25, 0.3) is 0 Å². The first-order valence-corrected chi connectivity index (χ1v) is 0. The standard InChI is InChI=1S/5ClH.Ru/h5*1H;/q;;;;;+5/p-5. The predicted molar refractivity (Wildman–Crippen MR) is 0 cm³/mol. The summed E-state index contributed by atoms with van der Waals surface area (Å²) in [7, 11) is 0. The number of hydrogen-bond acceptors (Lipinski definition) is 0. The maximum Gasteiger partial charge on any atom is 5.00 e. The first-order valence-electron chi connectivity index (χ1n) is 0. The van der Waals surface area contributed by atoms with Crippen molar-refractivity contribution >= 4 is 0 Å². The first-order chi connectivity index (χ1) is 0. The molecule has 0 fully saturated rings. The van der Waals surface area contributed by atoms with Gasteiger partial charge in [0.25, 0.3) is 0 Å². The van der Waals surface area contributed by atoms with Crippen LogP contribution < -0.4 is 62.0 Å². The Morgan fingerprint density at radius 1 is 0.333 bits per heavy atom. The average Bonchev–Trinajstić information content (AvgIpc) is 0. The SMILES string of the molecule is [Cl-].[Cl-].[Cl-].[Cl-].[Cl-].[Ru+5]. The smallest absolute Gasteiger partial charge is 1.00 e. The van der Waals surface area contributed by atoms with Gasteiger partial charge in [0.15, 0.2) is 0 Å². The molecule has 0 aliphatic carbocycles. The molecule has 0 bridgehead atoms. The van der Waals surface area contributed by atoms with E-state index in [1.54, 1.807) is 0 Å². The van der Waals surface area contributed by atoms with Crippen molar-refractivity contribution in [3.8, 4) is 0 Å². The van der Waals surface area contributed by atoms with Crippen LogP contribution in [-0.2, 0) is 19.5 Å². The van der Waals surface area contributed by atoms with Crippen molar-refractivity contribution < 1.29 is 81.5 Å². The molecule has 0 saturated carbocycles. The quantitative estimate of drug-likeness (QED) is 0.386. The van der Waals surface area contributed by atoms with E-state index in [0.717, 1.165) is 0 Å². The molecule has 0 saturated heterocycles. The van der Waals surface area contributed by atoms with Crippen molar-refractivity contribution in [2.24, 2.45) is 0 Å². The van der Waals surface area contributed by atoms with Crippen LogP contribution >= 0.6 is 0 Å². The largest absolute Gasteiger partial charge is 5.00 e. The van der Waals surface area contributed by atoms with E-state index in [0.29, 0.717) is 0 Å². The van der Waals surface area contributed by atoms with Crippen LogP contribution in [0.2, 0.25) is 0 Å². The minimum atomic E-state index is 0. The third-order valence-corrected chi connectivity index (χ3v) is 0. The van der Waals surface area contributed by atoms with Gasteiger partial charge in [-0.15, -0.1) is 0 Å². The van der Waals surface area contributed by atoms with Gasteiger partial charge in [0, 0.05) is 0 Å². The predicted octanol–water partition coefficient (Wildman–Crippen LogP) is -15.0. The normalized spacial score (nSPS) is 0. The zero-order valence-corrected chi connectivity index (χ0v) is 7.76. The fourth-order valence-electron chi connectivity index (χ4n) is 0. The summed E-state index contributed by atoms with van der Waals surface area (Å²) in [6, 6.07) is 0. The molecule has 0 nitrogen and oxygen atoms in total. The summed E-state index contributed by atoms with van der Waals surface area (Å²) in [5.41, 5.74) is 0. The van der Waals surface area contributed by atoms with E-state index in [4.69, 9.17) is 0 Å². The molecule has 6 heavy (non-hydrogen) atoms. The van der Waals surface area contributed by atoms with Gasteiger partial charge in [0.2, 0.25) is 0 Å². The molecule has 0 N–H and O–H groups in total. The summed E-state index contributed by atoms with van der Waals surface area (Å²) < 4.78 is 0. The van der Waals surface area contributed by atoms with Crippen molar-refractivity contribution in [1.29, 1.82) is 0 Å². The Morgan fingerprint density at radius 3 is 0.333 bits per heavy atom. The fraction of sp³-hybridized carbons (Fsp3) is 0. The second kappa shape index (κ2) is 60.7. The fourth-order valence-corrected chi connectivity index (χ4v) is 0. The molecule has 0 aromatic carbocycles. The van der Waals surface area contributed by atoms with Crippen molar-refractivity contribution in [2.45, 2.75) is 0 Å². The molecular formula is Cl5Ru. The Bertz CT molecular complexity index is 3.90. The Labute approximate surface area is 81.0 Å². The molecule has 0 aromatic heterocycles. The Kier molecular flexibility index (Phi) is 950. The minimum Gasteiger partial charge on any atom is -1.00 e. The van der Waals surface area contributed by atoms with E-state index >= 15 is 0 Å². The van der Waals surface area contributed by atoms with Crippen molar-refractivity contribution in [3.63, 3.8) is 0 Å². The van der Waals surface area contributed by atoms with Crippen LogP contribution in [0, 0.1) is 0 Å². The van der Waals surface area contributed by atoms with Crippen molar-refractivity contribution in [3.05, 3.63) is 0 Å². The number of halogens is 5. The maximum atomic E-state index is 0. The van der Waals surface area contributed by atoms with E-state index < -0.39 is 0 Å². The molecule has 0 aliphatic rings. The van der Waals surface area contributed by atoms with Crippen molar-refractivity contribution in [1.82, 2.24) is 0 Å². The van der Waals surface area contributed by atoms with Gasteiger partial charge in [-0.25, -0.2) is 0 Å². The molecule has 0 aromatic rings. The van der Waals surface area contributed by atoms with Gasteiger partial charge < -0.3 is 62.0 Å². The Morgan fingerprint density at radius 2 is 0.333 bits per heavy atom. The third kappa shape index (κ3) is 36.4. The van der Waals surface area contributed by atoms with Gasteiger partial charge in [-0.05, 0) is 0 Å². The molecule has 0 aliphatic heterocycles. The molecule has 6 heteroatoms. The summed E-state index contributed by atoms with van der Waals surface area (Å²) in [5, 5.41) is 0. The third-order valence-electron chi connectivity index (χ3n) is 0. The summed E-state index contributed by atoms with van der Waals surface area (Å²) in [6.45, 7) is 0. The monoisotopic (exact) mass is 277 g/mol. The minimum absolute atomic E-state index is 0. The van der Waals surface area contributed by atoms with Gasteiger partial charge in [0.05, 0.1) is 0 Å². The molecule has 0 spiro atoms. The summed E-state index contributed by atoms with van der Waals surface area (Å²) in [4.78, 5) is 0. The van der Waals surface area contributed by atoms with E-state index in [2.05, 4.69) is 0 Å². The van der Waals surface area contributed by atoms with E-state index in [1.165, 1.54) is 0 Å². The van der Waals surface area contributed by atoms with Gasteiger partial charge >= 0.3 is 19.5 Å². The van der Waals surface area contributed by atoms with Gasteiger partial charge in [-0.2, -0.15) is 0 Å². The van der Waals surface area contributed by atoms with Crippen LogP contribution in [0.15, 0.2) is 0 Å². The summed E-state index contributed by atoms with van der Waals surface area (Å²) in [6.07, 6.45) is 0. The van der Waals surface area contributed by atoms with Gasteiger partial charge in [-0.3, -0.25) is 0 Å². The van der Waals surface area contributed by atoms with Gasteiger partial charge in [0.1, 0.15) is 0 Å². The first kappa shape index (κ1) is 94.0. The average molecular weight is 278 g/mol. The second-order valence-electron chi connectivity index (χ2n) is 0. The Balaban J connectivity index is 0. The van der Waals surface area contributed by atoms with Crippen LogP contribution in [0.5, 0.6) is 0 Å². The summed E-state index contributed by atoms with van der Waals surface area (Å²) in [5.74, 6) is 0. The van der Waals surface area contributed by atoms with Crippen molar-refractivity contribution in [2.75, 3.05) is 0 Å². The molecule has 0 heterocycles. The molecule has 0 amide bonds. The van der Waals surface area contributed by atoms with Crippen LogP contribution in [0.3, 0.4) is 0 Å². The van der Waals surface area contributed by atoms with Crippen LogP contribution in [-0.4, -0.2) is 0 Å². The zero-order chi connectivity index (χ0) is 0. The maximum absolute atomic E-state index is 0. The van der Waals surface area contributed by atoms with E-state index in [9.17, 15) is 0 Å². The van der Waals surface area contributed by atoms with Crippen LogP contribution in [0.1, 0.15) is 0 Å². The van der Waals surface area contributed by atoms with Crippen LogP contribution in [0.4, 0.5) is 0 Å². The van der Waals surface area contributed by atoms with Gasteiger partial charge in [-0.1, -0.05) is 0 Å². The molecule has 1 radical (unpaired) electrons. The molecule has 43 valence electrons. The topological polar surface area (TPSA) is 0 Å². The molecule has 0 unspecified atom stereocenters. The molecular weight excluding hydrogens is 278 g/mol. The Hall–Kier alpha value is 2.07. The number of hydrogen-bond donors (Lipinski definition) is 0. The van der Waals surface area contributed by atoms with E-state index in [1.807, 2.05) is 0 Å². The van der Waals surface area contributed by atoms with E-state index in [-0.39, 0.29) is 81.5 Å². The summed E-state index contributed by atoms with van der Waals surface area (Å²) >= 11 is 0. The molecule has 0 atom stereocenters. The zero-order valence-electron chi connectivity index (χ0n) is 2.24. The number of rotatable bonds is 0. The second-order valence-corrected chi connectivity index (χ2v) is 0.